The fraction of sp³-hybridized carbons (Fsp3) is 0.250. The summed E-state index contributed by atoms with van der Waals surface area (Å²) >= 11 is 1.59. The van der Waals surface area contributed by atoms with E-state index in [0.29, 0.717) is 18.8 Å². The molecule has 0 unspecified atom stereocenters. The summed E-state index contributed by atoms with van der Waals surface area (Å²) in [5, 5.41) is 5.29. The van der Waals surface area contributed by atoms with Crippen molar-refractivity contribution in [1.82, 2.24) is 4.98 Å². The summed E-state index contributed by atoms with van der Waals surface area (Å²) in [6.07, 6.45) is 0. The van der Waals surface area contributed by atoms with Crippen molar-refractivity contribution in [3.05, 3.63) is 34.8 Å². The Morgan fingerprint density at radius 2 is 2.29 bits per heavy atom. The molecule has 1 heterocycles. The van der Waals surface area contributed by atoms with Crippen molar-refractivity contribution >= 4 is 22.7 Å². The number of benzene rings is 1. The zero-order valence-electron chi connectivity index (χ0n) is 9.64. The number of nitrogens with one attached hydrogen (secondary N) is 1. The van der Waals surface area contributed by atoms with Gasteiger partial charge in [-0.15, -0.1) is 11.3 Å². The second-order valence-corrected chi connectivity index (χ2v) is 4.28. The lowest BCUT2D eigenvalue weighted by atomic mass is 10.2. The van der Waals surface area contributed by atoms with Crippen LogP contribution in [-0.2, 0) is 6.54 Å². The van der Waals surface area contributed by atoms with Gasteiger partial charge in [0.2, 0.25) is 0 Å². The van der Waals surface area contributed by atoms with E-state index >= 15 is 0 Å². The third-order valence-corrected chi connectivity index (χ3v) is 2.83. The lowest BCUT2D eigenvalue weighted by Crippen LogP contribution is -2.01. The van der Waals surface area contributed by atoms with Gasteiger partial charge in [-0.05, 0) is 13.0 Å². The van der Waals surface area contributed by atoms with E-state index in [9.17, 15) is 0 Å². The maximum absolute atomic E-state index is 5.81. The number of anilines is 2. The second kappa shape index (κ2) is 5.54. The van der Waals surface area contributed by atoms with E-state index in [1.165, 1.54) is 0 Å². The molecule has 5 heteroatoms. The number of hydrogen-bond acceptors (Lipinski definition) is 5. The Balaban J connectivity index is 2.04. The Morgan fingerprint density at radius 3 is 3.00 bits per heavy atom. The first-order chi connectivity index (χ1) is 8.28. The summed E-state index contributed by atoms with van der Waals surface area (Å²) < 4.78 is 5.43. The molecule has 0 spiro atoms. The van der Waals surface area contributed by atoms with Crippen LogP contribution in [0.5, 0.6) is 5.75 Å². The number of nitrogen functional groups attached to an aromatic ring is 1. The highest BCUT2D eigenvalue weighted by Crippen LogP contribution is 2.23. The molecule has 0 radical (unpaired) electrons. The lowest BCUT2D eigenvalue weighted by molar-refractivity contribution is 0.340. The van der Waals surface area contributed by atoms with Gasteiger partial charge in [0.25, 0.3) is 0 Å². The van der Waals surface area contributed by atoms with E-state index < -0.39 is 0 Å². The van der Waals surface area contributed by atoms with Crippen LogP contribution in [0, 0.1) is 0 Å². The Morgan fingerprint density at radius 1 is 1.41 bits per heavy atom. The van der Waals surface area contributed by atoms with E-state index in [1.54, 1.807) is 11.3 Å². The number of nitrogens with zero attached hydrogens (tertiary/aromatic N) is 1. The molecule has 1 aromatic heterocycles. The average Bonchev–Trinajstić information content (AvgIpc) is 2.79. The zero-order valence-corrected chi connectivity index (χ0v) is 10.5. The van der Waals surface area contributed by atoms with Crippen LogP contribution in [0.25, 0.3) is 0 Å². The van der Waals surface area contributed by atoms with Crippen LogP contribution in [0.15, 0.2) is 29.1 Å². The molecule has 0 amide bonds. The third-order valence-electron chi connectivity index (χ3n) is 2.20. The van der Waals surface area contributed by atoms with Gasteiger partial charge in [0.1, 0.15) is 5.75 Å². The summed E-state index contributed by atoms with van der Waals surface area (Å²) in [7, 11) is 0. The summed E-state index contributed by atoms with van der Waals surface area (Å²) in [4.78, 5) is 4.21. The molecule has 1 aromatic carbocycles. The van der Waals surface area contributed by atoms with Gasteiger partial charge in [-0.1, -0.05) is 0 Å². The van der Waals surface area contributed by atoms with Crippen LogP contribution >= 0.6 is 11.3 Å². The van der Waals surface area contributed by atoms with Crippen molar-refractivity contribution in [2.75, 3.05) is 17.7 Å². The largest absolute Gasteiger partial charge is 0.494 e. The van der Waals surface area contributed by atoms with E-state index in [0.717, 1.165) is 17.1 Å². The SMILES string of the molecule is CCOc1cc(N)cc(NCc2cscn2)c1. The molecule has 0 aliphatic heterocycles. The molecule has 0 saturated carbocycles. The molecule has 4 nitrogen and oxygen atoms in total. The highest BCUT2D eigenvalue weighted by atomic mass is 32.1. The molecule has 90 valence electrons. The number of nitrogens with two attached hydrogens (primary N) is 1. The fourth-order valence-corrected chi connectivity index (χ4v) is 2.05. The lowest BCUT2D eigenvalue weighted by Gasteiger charge is -2.09. The quantitative estimate of drug-likeness (QED) is 0.800. The van der Waals surface area contributed by atoms with Gasteiger partial charge in [0, 0.05) is 28.9 Å². The van der Waals surface area contributed by atoms with Crippen LogP contribution in [0.1, 0.15) is 12.6 Å². The fourth-order valence-electron chi connectivity index (χ4n) is 1.49. The van der Waals surface area contributed by atoms with Crippen molar-refractivity contribution in [3.8, 4) is 5.75 Å². The Labute approximate surface area is 104 Å². The molecule has 17 heavy (non-hydrogen) atoms. The van der Waals surface area contributed by atoms with Crippen molar-refractivity contribution in [3.63, 3.8) is 0 Å². The van der Waals surface area contributed by atoms with Crippen molar-refractivity contribution < 1.29 is 4.74 Å². The summed E-state index contributed by atoms with van der Waals surface area (Å²) in [5.41, 5.74) is 10.3. The molecule has 0 atom stereocenters. The zero-order chi connectivity index (χ0) is 12.1. The molecule has 0 bridgehead atoms. The van der Waals surface area contributed by atoms with E-state index in [1.807, 2.05) is 36.0 Å². The second-order valence-electron chi connectivity index (χ2n) is 3.56. The van der Waals surface area contributed by atoms with E-state index in [4.69, 9.17) is 10.5 Å². The first-order valence-corrected chi connectivity index (χ1v) is 6.36. The first-order valence-electron chi connectivity index (χ1n) is 5.42. The van der Waals surface area contributed by atoms with Crippen LogP contribution in [0.4, 0.5) is 11.4 Å². The normalized spacial score (nSPS) is 10.2. The monoisotopic (exact) mass is 249 g/mol. The minimum Gasteiger partial charge on any atom is -0.494 e. The smallest absolute Gasteiger partial charge is 0.123 e. The van der Waals surface area contributed by atoms with Gasteiger partial charge in [-0.25, -0.2) is 4.98 Å². The number of aromatic nitrogens is 1. The Kier molecular flexibility index (Phi) is 3.82. The van der Waals surface area contributed by atoms with Gasteiger partial charge < -0.3 is 15.8 Å². The predicted molar refractivity (Wildman–Crippen MR) is 71.5 cm³/mol. The third kappa shape index (κ3) is 3.35. The molecule has 0 fully saturated rings. The van der Waals surface area contributed by atoms with Crippen LogP contribution in [0.2, 0.25) is 0 Å². The number of hydrogen-bond donors (Lipinski definition) is 2. The maximum Gasteiger partial charge on any atom is 0.123 e. The topological polar surface area (TPSA) is 60.2 Å². The minimum absolute atomic E-state index is 0.634. The predicted octanol–water partition coefficient (Wildman–Crippen LogP) is 2.74. The maximum atomic E-state index is 5.81. The molecular formula is C12H15N3OS. The van der Waals surface area contributed by atoms with Crippen molar-refractivity contribution in [2.24, 2.45) is 0 Å². The number of thiazole rings is 1. The van der Waals surface area contributed by atoms with Crippen LogP contribution < -0.4 is 15.8 Å². The highest BCUT2D eigenvalue weighted by molar-refractivity contribution is 7.07. The van der Waals surface area contributed by atoms with Gasteiger partial charge in [-0.2, -0.15) is 0 Å². The number of ether oxygens (including phenoxy) is 1. The highest BCUT2D eigenvalue weighted by Gasteiger charge is 2.00. The molecule has 0 saturated heterocycles. The Bertz CT molecular complexity index is 471. The summed E-state index contributed by atoms with van der Waals surface area (Å²) in [5.74, 6) is 0.785. The van der Waals surface area contributed by atoms with E-state index in [-0.39, 0.29) is 0 Å². The van der Waals surface area contributed by atoms with Gasteiger partial charge in [0.15, 0.2) is 0 Å². The average molecular weight is 249 g/mol. The molecule has 2 aromatic rings. The van der Waals surface area contributed by atoms with Crippen LogP contribution in [0.3, 0.4) is 0 Å². The molecule has 0 aliphatic carbocycles. The van der Waals surface area contributed by atoms with Crippen molar-refractivity contribution in [1.29, 1.82) is 0 Å². The summed E-state index contributed by atoms with van der Waals surface area (Å²) in [6.45, 7) is 3.28. The molecule has 0 aliphatic rings. The molecule has 2 rings (SSSR count). The molecular weight excluding hydrogens is 234 g/mol. The van der Waals surface area contributed by atoms with Gasteiger partial charge in [0.05, 0.1) is 24.4 Å². The summed E-state index contributed by atoms with van der Waals surface area (Å²) in [6, 6.07) is 5.64. The minimum atomic E-state index is 0.634. The van der Waals surface area contributed by atoms with Gasteiger partial charge in [-0.3, -0.25) is 0 Å². The standard InChI is InChI=1S/C12H15N3OS/c1-2-16-12-4-9(13)3-10(5-12)14-6-11-7-17-8-15-11/h3-5,7-8,14H,2,6,13H2,1H3. The first kappa shape index (κ1) is 11.7. The Hall–Kier alpha value is -1.75. The van der Waals surface area contributed by atoms with Gasteiger partial charge >= 0.3 is 0 Å². The van der Waals surface area contributed by atoms with Crippen LogP contribution in [-0.4, -0.2) is 11.6 Å². The van der Waals surface area contributed by atoms with Crippen molar-refractivity contribution in [2.45, 2.75) is 13.5 Å². The molecule has 3 N–H and O–H groups in total. The number of rotatable bonds is 5. The van der Waals surface area contributed by atoms with E-state index in [2.05, 4.69) is 10.3 Å².